The average molecular weight is 426 g/mol. The van der Waals surface area contributed by atoms with Crippen molar-refractivity contribution in [2.24, 2.45) is 0 Å². The van der Waals surface area contributed by atoms with Crippen molar-refractivity contribution in [3.63, 3.8) is 0 Å². The molecule has 1 aromatic heterocycles. The maximum Gasteiger partial charge on any atom is 0.321 e. The van der Waals surface area contributed by atoms with Gasteiger partial charge in [0.15, 0.2) is 0 Å². The molecule has 6 nitrogen and oxygen atoms in total. The van der Waals surface area contributed by atoms with Crippen LogP contribution in [0.3, 0.4) is 0 Å². The molecule has 2 aromatic rings. The summed E-state index contributed by atoms with van der Waals surface area (Å²) in [5.41, 5.74) is 4.07. The quantitative estimate of drug-likeness (QED) is 0.766. The zero-order valence-corrected chi connectivity index (χ0v) is 16.6. The number of carboxylic acids is 1. The average Bonchev–Trinajstić information content (AvgIpc) is 3.17. The summed E-state index contributed by atoms with van der Waals surface area (Å²) in [6, 6.07) is 5.47. The summed E-state index contributed by atoms with van der Waals surface area (Å²) in [5, 5.41) is 16.8. The number of aliphatic carboxylic acids is 1. The van der Waals surface area contributed by atoms with E-state index in [4.69, 9.17) is 9.84 Å². The first-order valence-electron chi connectivity index (χ1n) is 7.87. The minimum atomic E-state index is -0.809. The fourth-order valence-corrected chi connectivity index (χ4v) is 4.39. The summed E-state index contributed by atoms with van der Waals surface area (Å²) in [6.45, 7) is 4.58. The fourth-order valence-electron chi connectivity index (χ4n) is 2.88. The number of nitrogens with one attached hydrogen (secondary N) is 1. The van der Waals surface area contributed by atoms with Crippen LogP contribution < -0.4 is 10.1 Å². The van der Waals surface area contributed by atoms with Gasteiger partial charge in [-0.1, -0.05) is 6.07 Å². The number of hydrogen-bond acceptors (Lipinski definition) is 5. The van der Waals surface area contributed by atoms with Crippen molar-refractivity contribution in [1.82, 2.24) is 15.1 Å². The van der Waals surface area contributed by atoms with Gasteiger partial charge < -0.3 is 9.84 Å². The van der Waals surface area contributed by atoms with Gasteiger partial charge in [0.2, 0.25) is 0 Å². The molecule has 8 heteroatoms. The lowest BCUT2D eigenvalue weighted by Gasteiger charge is -2.16. The van der Waals surface area contributed by atoms with E-state index >= 15 is 0 Å². The molecule has 134 valence electrons. The molecule has 2 heterocycles. The van der Waals surface area contributed by atoms with Gasteiger partial charge in [0, 0.05) is 11.3 Å². The SMILES string of the molecule is COc1ccc([C@H]2N[C@@H](C(=O)O)CS2)cc1Cn1nc(C)c(Br)c1C. The molecular formula is C17H20BrN3O3S. The Morgan fingerprint density at radius 1 is 1.52 bits per heavy atom. The molecule has 1 aliphatic heterocycles. The number of ether oxygens (including phenoxy) is 1. The van der Waals surface area contributed by atoms with Crippen LogP contribution in [0.1, 0.15) is 27.9 Å². The van der Waals surface area contributed by atoms with Crippen LogP contribution in [0.2, 0.25) is 0 Å². The number of carbonyl (C=O) groups is 1. The number of aromatic nitrogens is 2. The number of hydrogen-bond donors (Lipinski definition) is 2. The number of rotatable bonds is 5. The van der Waals surface area contributed by atoms with Crippen molar-refractivity contribution < 1.29 is 14.6 Å². The first kappa shape index (κ1) is 18.3. The van der Waals surface area contributed by atoms with E-state index in [1.165, 1.54) is 0 Å². The lowest BCUT2D eigenvalue weighted by Crippen LogP contribution is -2.33. The van der Waals surface area contributed by atoms with Crippen LogP contribution in [0.4, 0.5) is 0 Å². The van der Waals surface area contributed by atoms with Crippen molar-refractivity contribution in [3.05, 3.63) is 45.2 Å². The molecule has 0 spiro atoms. The van der Waals surface area contributed by atoms with Gasteiger partial charge in [-0.2, -0.15) is 5.10 Å². The van der Waals surface area contributed by atoms with Gasteiger partial charge >= 0.3 is 5.97 Å². The molecule has 0 amide bonds. The predicted molar refractivity (Wildman–Crippen MR) is 101 cm³/mol. The Bertz CT molecular complexity index is 809. The fraction of sp³-hybridized carbons (Fsp3) is 0.412. The smallest absolute Gasteiger partial charge is 0.321 e. The second-order valence-electron chi connectivity index (χ2n) is 5.98. The molecule has 1 aliphatic rings. The van der Waals surface area contributed by atoms with Crippen LogP contribution in [-0.4, -0.2) is 39.8 Å². The highest BCUT2D eigenvalue weighted by Gasteiger charge is 2.30. The Kier molecular flexibility index (Phi) is 5.41. The Morgan fingerprint density at radius 3 is 2.84 bits per heavy atom. The summed E-state index contributed by atoms with van der Waals surface area (Å²) < 4.78 is 8.45. The Hall–Kier alpha value is -1.51. The van der Waals surface area contributed by atoms with Gasteiger partial charge in [0.05, 0.1) is 34.9 Å². The van der Waals surface area contributed by atoms with Crippen molar-refractivity contribution in [1.29, 1.82) is 0 Å². The number of methoxy groups -OCH3 is 1. The summed E-state index contributed by atoms with van der Waals surface area (Å²) in [5.74, 6) is 0.549. The molecule has 0 unspecified atom stereocenters. The lowest BCUT2D eigenvalue weighted by molar-refractivity contribution is -0.138. The van der Waals surface area contributed by atoms with Crippen LogP contribution in [0.15, 0.2) is 22.7 Å². The van der Waals surface area contributed by atoms with Gasteiger partial charge in [0.25, 0.3) is 0 Å². The first-order chi connectivity index (χ1) is 11.9. The van der Waals surface area contributed by atoms with Crippen molar-refractivity contribution >= 4 is 33.7 Å². The Labute approximate surface area is 159 Å². The van der Waals surface area contributed by atoms with Crippen LogP contribution >= 0.6 is 27.7 Å². The summed E-state index contributed by atoms with van der Waals surface area (Å²) in [7, 11) is 1.65. The number of benzene rings is 1. The number of halogens is 1. The largest absolute Gasteiger partial charge is 0.496 e. The molecule has 0 bridgehead atoms. The molecule has 3 rings (SSSR count). The monoisotopic (exact) mass is 425 g/mol. The van der Waals surface area contributed by atoms with Gasteiger partial charge in [-0.05, 0) is 47.5 Å². The normalized spacial score (nSPS) is 20.0. The second-order valence-corrected chi connectivity index (χ2v) is 7.92. The molecule has 2 N–H and O–H groups in total. The number of carboxylic acid groups (broad SMARTS) is 1. The van der Waals surface area contributed by atoms with Gasteiger partial charge in [-0.15, -0.1) is 11.8 Å². The Morgan fingerprint density at radius 2 is 2.28 bits per heavy atom. The molecule has 1 saturated heterocycles. The van der Waals surface area contributed by atoms with Crippen molar-refractivity contribution in [3.8, 4) is 5.75 Å². The summed E-state index contributed by atoms with van der Waals surface area (Å²) in [6.07, 6.45) is 0. The maximum absolute atomic E-state index is 11.1. The third-order valence-electron chi connectivity index (χ3n) is 4.30. The molecule has 0 aliphatic carbocycles. The molecule has 25 heavy (non-hydrogen) atoms. The highest BCUT2D eigenvalue weighted by atomic mass is 79.9. The minimum absolute atomic E-state index is 0.0297. The zero-order valence-electron chi connectivity index (χ0n) is 14.2. The van der Waals surface area contributed by atoms with E-state index in [9.17, 15) is 4.79 Å². The summed E-state index contributed by atoms with van der Waals surface area (Å²) in [4.78, 5) is 11.1. The molecule has 2 atom stereocenters. The summed E-state index contributed by atoms with van der Waals surface area (Å²) >= 11 is 5.16. The molecule has 1 fully saturated rings. The third kappa shape index (κ3) is 3.70. The zero-order chi connectivity index (χ0) is 18.1. The second kappa shape index (κ2) is 7.39. The van der Waals surface area contributed by atoms with Crippen LogP contribution in [0.5, 0.6) is 5.75 Å². The van der Waals surface area contributed by atoms with E-state index in [1.54, 1.807) is 18.9 Å². The van der Waals surface area contributed by atoms with E-state index in [1.807, 2.05) is 30.7 Å². The van der Waals surface area contributed by atoms with E-state index in [-0.39, 0.29) is 5.37 Å². The van der Waals surface area contributed by atoms with Gasteiger partial charge in [-0.3, -0.25) is 14.8 Å². The van der Waals surface area contributed by atoms with Crippen LogP contribution in [-0.2, 0) is 11.3 Å². The minimum Gasteiger partial charge on any atom is -0.496 e. The maximum atomic E-state index is 11.1. The highest BCUT2D eigenvalue weighted by Crippen LogP contribution is 2.35. The molecule has 0 saturated carbocycles. The number of nitrogens with zero attached hydrogens (tertiary/aromatic N) is 2. The van der Waals surface area contributed by atoms with Crippen LogP contribution in [0, 0.1) is 13.8 Å². The highest BCUT2D eigenvalue weighted by molar-refractivity contribution is 9.10. The third-order valence-corrected chi connectivity index (χ3v) is 6.72. The van der Waals surface area contributed by atoms with E-state index < -0.39 is 12.0 Å². The van der Waals surface area contributed by atoms with Gasteiger partial charge in [-0.25, -0.2) is 0 Å². The Balaban J connectivity index is 1.88. The molecule has 0 radical (unpaired) electrons. The predicted octanol–water partition coefficient (Wildman–Crippen LogP) is 3.11. The van der Waals surface area contributed by atoms with Crippen LogP contribution in [0.25, 0.3) is 0 Å². The first-order valence-corrected chi connectivity index (χ1v) is 9.71. The van der Waals surface area contributed by atoms with E-state index in [0.29, 0.717) is 12.3 Å². The van der Waals surface area contributed by atoms with E-state index in [2.05, 4.69) is 32.4 Å². The number of aryl methyl sites for hydroxylation is 1. The standard InChI is InChI=1S/C17H20BrN3O3S/c1-9-15(18)10(2)21(20-9)7-12-6-11(4-5-14(12)24-3)16-19-13(8-25-16)17(22)23/h4-6,13,16,19H,7-8H2,1-3H3,(H,22,23)/t13-,16+/m1/s1. The molecule has 1 aromatic carbocycles. The lowest BCUT2D eigenvalue weighted by atomic mass is 10.1. The number of thioether (sulfide) groups is 1. The van der Waals surface area contributed by atoms with Crippen molar-refractivity contribution in [2.75, 3.05) is 12.9 Å². The molecular weight excluding hydrogens is 406 g/mol. The van der Waals surface area contributed by atoms with E-state index in [0.717, 1.165) is 32.7 Å². The van der Waals surface area contributed by atoms with Crippen molar-refractivity contribution in [2.45, 2.75) is 31.8 Å². The van der Waals surface area contributed by atoms with Gasteiger partial charge in [0.1, 0.15) is 11.8 Å². The topological polar surface area (TPSA) is 76.4 Å².